The van der Waals surface area contributed by atoms with Crippen molar-refractivity contribution in [2.75, 3.05) is 24.6 Å². The predicted octanol–water partition coefficient (Wildman–Crippen LogP) is 1.80. The van der Waals surface area contributed by atoms with Crippen molar-refractivity contribution in [1.29, 1.82) is 0 Å². The Bertz CT molecular complexity index is 496. The van der Waals surface area contributed by atoms with Crippen molar-refractivity contribution >= 4 is 15.7 Å². The second kappa shape index (κ2) is 5.28. The molecular formula is C13H20N2O2S. The molecule has 0 radical (unpaired) electrons. The first-order valence-electron chi connectivity index (χ1n) is 6.36. The number of anilines is 1. The third kappa shape index (κ3) is 2.84. The quantitative estimate of drug-likeness (QED) is 0.850. The highest BCUT2D eigenvalue weighted by atomic mass is 32.2. The molecule has 18 heavy (non-hydrogen) atoms. The highest BCUT2D eigenvalue weighted by molar-refractivity contribution is 7.89. The predicted molar refractivity (Wildman–Crippen MR) is 73.9 cm³/mol. The number of nitrogens with two attached hydrogens (primary N) is 1. The molecule has 0 saturated carbocycles. The molecule has 0 aromatic heterocycles. The van der Waals surface area contributed by atoms with Crippen LogP contribution in [0.1, 0.15) is 31.2 Å². The number of sulfonamides is 1. The first-order valence-corrected chi connectivity index (χ1v) is 7.97. The second-order valence-corrected chi connectivity index (χ2v) is 7.02. The molecule has 1 aliphatic heterocycles. The van der Waals surface area contributed by atoms with Gasteiger partial charge < -0.3 is 5.73 Å². The maximum absolute atomic E-state index is 11.9. The molecule has 1 unspecified atom stereocenters. The molecule has 5 heteroatoms. The van der Waals surface area contributed by atoms with E-state index in [1.165, 1.54) is 5.56 Å². The van der Waals surface area contributed by atoms with Crippen LogP contribution in [0, 0.1) is 0 Å². The molecule has 1 heterocycles. The van der Waals surface area contributed by atoms with Crippen molar-refractivity contribution in [1.82, 2.24) is 4.31 Å². The van der Waals surface area contributed by atoms with Crippen molar-refractivity contribution in [3.8, 4) is 0 Å². The van der Waals surface area contributed by atoms with E-state index in [0.29, 0.717) is 19.0 Å². The van der Waals surface area contributed by atoms with Crippen LogP contribution in [0.5, 0.6) is 0 Å². The van der Waals surface area contributed by atoms with Gasteiger partial charge in [0.25, 0.3) is 0 Å². The Hall–Kier alpha value is -1.07. The molecule has 100 valence electrons. The molecular weight excluding hydrogens is 248 g/mol. The summed E-state index contributed by atoms with van der Waals surface area (Å²) in [5, 5.41) is 0. The van der Waals surface area contributed by atoms with Crippen molar-refractivity contribution in [3.63, 3.8) is 0 Å². The number of nitrogens with zero attached hydrogens (tertiary/aromatic N) is 1. The van der Waals surface area contributed by atoms with Gasteiger partial charge in [-0.05, 0) is 43.4 Å². The SMILES string of the molecule is CCS(=O)(=O)N1CCCC(c2ccc(N)cc2)C1. The first kappa shape index (κ1) is 13.4. The van der Waals surface area contributed by atoms with Crippen molar-refractivity contribution < 1.29 is 8.42 Å². The van der Waals surface area contributed by atoms with Crippen LogP contribution in [0.3, 0.4) is 0 Å². The first-order chi connectivity index (χ1) is 8.53. The van der Waals surface area contributed by atoms with Crippen molar-refractivity contribution in [2.24, 2.45) is 0 Å². The van der Waals surface area contributed by atoms with Crippen molar-refractivity contribution in [3.05, 3.63) is 29.8 Å². The maximum Gasteiger partial charge on any atom is 0.213 e. The molecule has 1 fully saturated rings. The van der Waals surface area contributed by atoms with Gasteiger partial charge in [-0.3, -0.25) is 0 Å². The molecule has 0 spiro atoms. The summed E-state index contributed by atoms with van der Waals surface area (Å²) in [5.74, 6) is 0.474. The van der Waals surface area contributed by atoms with Gasteiger partial charge in [0.05, 0.1) is 5.75 Å². The van der Waals surface area contributed by atoms with Crippen LogP contribution in [0.25, 0.3) is 0 Å². The van der Waals surface area contributed by atoms with E-state index in [9.17, 15) is 8.42 Å². The Morgan fingerprint density at radius 2 is 2.00 bits per heavy atom. The van der Waals surface area contributed by atoms with Gasteiger partial charge in [0.15, 0.2) is 0 Å². The number of piperidine rings is 1. The van der Waals surface area contributed by atoms with Gasteiger partial charge in [-0.15, -0.1) is 0 Å². The monoisotopic (exact) mass is 268 g/mol. The van der Waals surface area contributed by atoms with Crippen molar-refractivity contribution in [2.45, 2.75) is 25.7 Å². The topological polar surface area (TPSA) is 63.4 Å². The minimum Gasteiger partial charge on any atom is -0.399 e. The summed E-state index contributed by atoms with van der Waals surface area (Å²) in [7, 11) is -3.06. The molecule has 1 aliphatic rings. The second-order valence-electron chi connectivity index (χ2n) is 4.76. The lowest BCUT2D eigenvalue weighted by Crippen LogP contribution is -2.39. The van der Waals surface area contributed by atoms with Crippen LogP contribution in [0.2, 0.25) is 0 Å². The van der Waals surface area contributed by atoms with Crippen LogP contribution < -0.4 is 5.73 Å². The third-order valence-corrected chi connectivity index (χ3v) is 5.40. The summed E-state index contributed by atoms with van der Waals surface area (Å²) >= 11 is 0. The fourth-order valence-corrected chi connectivity index (χ4v) is 3.60. The zero-order valence-corrected chi connectivity index (χ0v) is 11.5. The minimum absolute atomic E-state index is 0.182. The van der Waals surface area contributed by atoms with Gasteiger partial charge in [0.1, 0.15) is 0 Å². The third-order valence-electron chi connectivity index (χ3n) is 3.55. The molecule has 0 bridgehead atoms. The lowest BCUT2D eigenvalue weighted by molar-refractivity contribution is 0.316. The van der Waals surface area contributed by atoms with Crippen LogP contribution in [0.4, 0.5) is 5.69 Å². The van der Waals surface area contributed by atoms with E-state index < -0.39 is 10.0 Å². The van der Waals surface area contributed by atoms with Gasteiger partial charge in [-0.2, -0.15) is 0 Å². The van der Waals surface area contributed by atoms with Gasteiger partial charge in [-0.1, -0.05) is 12.1 Å². The number of nitrogen functional groups attached to an aromatic ring is 1. The summed E-state index contributed by atoms with van der Waals surface area (Å²) in [6.07, 6.45) is 1.97. The maximum atomic E-state index is 11.9. The molecule has 1 saturated heterocycles. The molecule has 2 N–H and O–H groups in total. The highest BCUT2D eigenvalue weighted by Gasteiger charge is 2.28. The smallest absolute Gasteiger partial charge is 0.213 e. The number of benzene rings is 1. The van der Waals surface area contributed by atoms with E-state index >= 15 is 0 Å². The summed E-state index contributed by atoms with van der Waals surface area (Å²) in [6, 6.07) is 7.76. The Balaban J connectivity index is 2.14. The molecule has 4 nitrogen and oxygen atoms in total. The Kier molecular flexibility index (Phi) is 3.92. The summed E-state index contributed by atoms with van der Waals surface area (Å²) in [6.45, 7) is 2.95. The van der Waals surface area contributed by atoms with Gasteiger partial charge in [-0.25, -0.2) is 12.7 Å². The van der Waals surface area contributed by atoms with Crippen LogP contribution in [0.15, 0.2) is 24.3 Å². The van der Waals surface area contributed by atoms with Gasteiger partial charge in [0, 0.05) is 18.8 Å². The standard InChI is InChI=1S/C13H20N2O2S/c1-2-18(16,17)15-9-3-4-12(10-15)11-5-7-13(14)8-6-11/h5-8,12H,2-4,9-10,14H2,1H3. The van der Waals surface area contributed by atoms with E-state index in [1.54, 1.807) is 11.2 Å². The van der Waals surface area contributed by atoms with Crippen LogP contribution in [-0.2, 0) is 10.0 Å². The average Bonchev–Trinajstić information content (AvgIpc) is 2.40. The normalized spacial score (nSPS) is 21.9. The van der Waals surface area contributed by atoms with E-state index in [2.05, 4.69) is 0 Å². The van der Waals surface area contributed by atoms with E-state index in [-0.39, 0.29) is 5.75 Å². The lowest BCUT2D eigenvalue weighted by Gasteiger charge is -2.32. The zero-order valence-electron chi connectivity index (χ0n) is 10.7. The van der Waals surface area contributed by atoms with E-state index in [4.69, 9.17) is 5.73 Å². The largest absolute Gasteiger partial charge is 0.399 e. The fraction of sp³-hybridized carbons (Fsp3) is 0.538. The molecule has 1 aromatic carbocycles. The molecule has 1 aromatic rings. The van der Waals surface area contributed by atoms with Gasteiger partial charge in [0.2, 0.25) is 10.0 Å². The number of hydrogen-bond donors (Lipinski definition) is 1. The average molecular weight is 268 g/mol. The van der Waals surface area contributed by atoms with Gasteiger partial charge >= 0.3 is 0 Å². The lowest BCUT2D eigenvalue weighted by atomic mass is 9.92. The summed E-state index contributed by atoms with van der Waals surface area (Å²) < 4.78 is 25.4. The van der Waals surface area contributed by atoms with Crippen LogP contribution in [-0.4, -0.2) is 31.6 Å². The fourth-order valence-electron chi connectivity index (χ4n) is 2.42. The zero-order chi connectivity index (χ0) is 13.2. The summed E-state index contributed by atoms with van der Waals surface area (Å²) in [4.78, 5) is 0. The highest BCUT2D eigenvalue weighted by Crippen LogP contribution is 2.28. The Labute approximate surface area is 109 Å². The molecule has 0 aliphatic carbocycles. The molecule has 1 atom stereocenters. The molecule has 2 rings (SSSR count). The van der Waals surface area contributed by atoms with E-state index in [1.807, 2.05) is 24.3 Å². The molecule has 0 amide bonds. The van der Waals surface area contributed by atoms with E-state index in [0.717, 1.165) is 18.5 Å². The summed E-state index contributed by atoms with van der Waals surface area (Å²) in [5.41, 5.74) is 7.59. The Morgan fingerprint density at radius 1 is 1.33 bits per heavy atom. The van der Waals surface area contributed by atoms with Crippen LogP contribution >= 0.6 is 0 Å². The Morgan fingerprint density at radius 3 is 2.61 bits per heavy atom. The minimum atomic E-state index is -3.06. The number of hydrogen-bond acceptors (Lipinski definition) is 3. The number of rotatable bonds is 3.